The lowest BCUT2D eigenvalue weighted by Crippen LogP contribution is -2.15. The lowest BCUT2D eigenvalue weighted by Gasteiger charge is -2.18. The zero-order valence-electron chi connectivity index (χ0n) is 11.0. The molecule has 1 unspecified atom stereocenters. The molecular formula is C15H22ClNO. The van der Waals surface area contributed by atoms with Gasteiger partial charge in [-0.2, -0.15) is 0 Å². The molecule has 1 aromatic rings. The Balaban J connectivity index is 2.04. The zero-order chi connectivity index (χ0) is 13.0. The van der Waals surface area contributed by atoms with Gasteiger partial charge in [0, 0.05) is 6.04 Å². The Kier molecular flexibility index (Phi) is 4.90. The van der Waals surface area contributed by atoms with Gasteiger partial charge in [-0.05, 0) is 50.3 Å². The first-order valence-corrected chi connectivity index (χ1v) is 7.26. The van der Waals surface area contributed by atoms with Gasteiger partial charge < -0.3 is 10.5 Å². The SMILES string of the molecule is CC(N)c1ccc(OC2CCCCCC2)c(Cl)c1. The second-order valence-electron chi connectivity index (χ2n) is 5.21. The zero-order valence-corrected chi connectivity index (χ0v) is 11.7. The molecule has 1 aliphatic rings. The molecule has 0 aromatic heterocycles. The van der Waals surface area contributed by atoms with E-state index >= 15 is 0 Å². The van der Waals surface area contributed by atoms with Gasteiger partial charge in [0.1, 0.15) is 5.75 Å². The lowest BCUT2D eigenvalue weighted by molar-refractivity contribution is 0.184. The summed E-state index contributed by atoms with van der Waals surface area (Å²) in [5.74, 6) is 0.799. The predicted molar refractivity (Wildman–Crippen MR) is 76.2 cm³/mol. The number of hydrogen-bond acceptors (Lipinski definition) is 2. The molecule has 0 aliphatic heterocycles. The minimum atomic E-state index is 0.00873. The highest BCUT2D eigenvalue weighted by Gasteiger charge is 2.15. The summed E-state index contributed by atoms with van der Waals surface area (Å²) in [7, 11) is 0. The molecule has 1 saturated carbocycles. The minimum Gasteiger partial charge on any atom is -0.489 e. The van der Waals surface area contributed by atoms with Crippen LogP contribution in [0.25, 0.3) is 0 Å². The van der Waals surface area contributed by atoms with E-state index in [0.29, 0.717) is 11.1 Å². The van der Waals surface area contributed by atoms with E-state index in [2.05, 4.69) is 0 Å². The van der Waals surface area contributed by atoms with Crippen molar-refractivity contribution in [3.63, 3.8) is 0 Å². The van der Waals surface area contributed by atoms with E-state index in [1.54, 1.807) is 0 Å². The average molecular weight is 268 g/mol. The van der Waals surface area contributed by atoms with Gasteiger partial charge in [-0.1, -0.05) is 30.5 Å². The van der Waals surface area contributed by atoms with E-state index in [1.807, 2.05) is 25.1 Å². The molecule has 2 rings (SSSR count). The molecule has 0 spiro atoms. The molecule has 1 atom stereocenters. The number of rotatable bonds is 3. The first-order chi connectivity index (χ1) is 8.66. The normalized spacial score (nSPS) is 19.3. The number of benzene rings is 1. The molecule has 100 valence electrons. The van der Waals surface area contributed by atoms with Crippen molar-refractivity contribution in [2.45, 2.75) is 57.6 Å². The summed E-state index contributed by atoms with van der Waals surface area (Å²) in [6.07, 6.45) is 7.80. The van der Waals surface area contributed by atoms with Crippen molar-refractivity contribution in [1.82, 2.24) is 0 Å². The van der Waals surface area contributed by atoms with Crippen molar-refractivity contribution in [3.8, 4) is 5.75 Å². The van der Waals surface area contributed by atoms with Crippen molar-refractivity contribution in [2.24, 2.45) is 5.73 Å². The summed E-state index contributed by atoms with van der Waals surface area (Å²) in [6, 6.07) is 5.88. The van der Waals surface area contributed by atoms with Crippen LogP contribution in [0.2, 0.25) is 5.02 Å². The second kappa shape index (κ2) is 6.44. The number of nitrogens with two attached hydrogens (primary N) is 1. The van der Waals surface area contributed by atoms with Gasteiger partial charge in [-0.15, -0.1) is 0 Å². The molecule has 0 radical (unpaired) electrons. The monoisotopic (exact) mass is 267 g/mol. The topological polar surface area (TPSA) is 35.2 Å². The molecule has 2 nitrogen and oxygen atoms in total. The Morgan fingerprint density at radius 1 is 1.22 bits per heavy atom. The van der Waals surface area contributed by atoms with Crippen molar-refractivity contribution in [1.29, 1.82) is 0 Å². The van der Waals surface area contributed by atoms with Crippen LogP contribution in [-0.2, 0) is 0 Å². The average Bonchev–Trinajstić information content (AvgIpc) is 2.60. The number of halogens is 1. The van der Waals surface area contributed by atoms with Gasteiger partial charge in [0.05, 0.1) is 11.1 Å². The van der Waals surface area contributed by atoms with E-state index in [-0.39, 0.29) is 6.04 Å². The Hall–Kier alpha value is -0.730. The predicted octanol–water partition coefficient (Wildman–Crippen LogP) is 4.46. The van der Waals surface area contributed by atoms with Gasteiger partial charge in [0.2, 0.25) is 0 Å². The van der Waals surface area contributed by atoms with E-state index in [9.17, 15) is 0 Å². The second-order valence-corrected chi connectivity index (χ2v) is 5.62. The standard InChI is InChI=1S/C15H22ClNO/c1-11(17)12-8-9-15(14(16)10-12)18-13-6-4-2-3-5-7-13/h8-11,13H,2-7,17H2,1H3. The van der Waals surface area contributed by atoms with Gasteiger partial charge in [-0.3, -0.25) is 0 Å². The third-order valence-corrected chi connectivity index (χ3v) is 3.87. The first-order valence-electron chi connectivity index (χ1n) is 6.88. The summed E-state index contributed by atoms with van der Waals surface area (Å²) < 4.78 is 6.03. The Bertz CT molecular complexity index is 384. The van der Waals surface area contributed by atoms with Crippen molar-refractivity contribution in [3.05, 3.63) is 28.8 Å². The van der Waals surface area contributed by atoms with Crippen molar-refractivity contribution in [2.75, 3.05) is 0 Å². The highest BCUT2D eigenvalue weighted by atomic mass is 35.5. The van der Waals surface area contributed by atoms with Gasteiger partial charge >= 0.3 is 0 Å². The van der Waals surface area contributed by atoms with Crippen LogP contribution < -0.4 is 10.5 Å². The molecule has 1 aromatic carbocycles. The Morgan fingerprint density at radius 3 is 2.44 bits per heavy atom. The quantitative estimate of drug-likeness (QED) is 0.821. The van der Waals surface area contributed by atoms with Crippen LogP contribution in [-0.4, -0.2) is 6.10 Å². The molecule has 0 heterocycles. The molecule has 0 bridgehead atoms. The fourth-order valence-corrected chi connectivity index (χ4v) is 2.67. The van der Waals surface area contributed by atoms with Gasteiger partial charge in [0.25, 0.3) is 0 Å². The largest absolute Gasteiger partial charge is 0.489 e. The Labute approximate surface area is 114 Å². The van der Waals surface area contributed by atoms with E-state index in [0.717, 1.165) is 24.2 Å². The third kappa shape index (κ3) is 3.63. The van der Waals surface area contributed by atoms with Crippen molar-refractivity contribution < 1.29 is 4.74 Å². The molecule has 3 heteroatoms. The summed E-state index contributed by atoms with van der Waals surface area (Å²) in [4.78, 5) is 0. The summed E-state index contributed by atoms with van der Waals surface area (Å²) in [6.45, 7) is 1.96. The first kappa shape index (κ1) is 13.7. The minimum absolute atomic E-state index is 0.00873. The molecule has 18 heavy (non-hydrogen) atoms. The smallest absolute Gasteiger partial charge is 0.138 e. The van der Waals surface area contributed by atoms with Gasteiger partial charge in [-0.25, -0.2) is 0 Å². The van der Waals surface area contributed by atoms with E-state index < -0.39 is 0 Å². The molecule has 0 saturated heterocycles. The van der Waals surface area contributed by atoms with E-state index in [4.69, 9.17) is 22.1 Å². The fourth-order valence-electron chi connectivity index (χ4n) is 2.44. The Morgan fingerprint density at radius 2 is 1.89 bits per heavy atom. The van der Waals surface area contributed by atoms with E-state index in [1.165, 1.54) is 25.7 Å². The summed E-state index contributed by atoms with van der Waals surface area (Å²) in [5.41, 5.74) is 6.89. The molecule has 0 amide bonds. The maximum atomic E-state index is 6.25. The van der Waals surface area contributed by atoms with Gasteiger partial charge in [0.15, 0.2) is 0 Å². The maximum absolute atomic E-state index is 6.25. The fraction of sp³-hybridized carbons (Fsp3) is 0.600. The third-order valence-electron chi connectivity index (χ3n) is 3.58. The molecule has 1 aliphatic carbocycles. The molecule has 2 N–H and O–H groups in total. The van der Waals surface area contributed by atoms with Crippen LogP contribution in [0.1, 0.15) is 57.1 Å². The summed E-state index contributed by atoms with van der Waals surface area (Å²) in [5, 5.41) is 0.675. The van der Waals surface area contributed by atoms with Crippen molar-refractivity contribution >= 4 is 11.6 Å². The molecule has 1 fully saturated rings. The molecular weight excluding hydrogens is 246 g/mol. The highest BCUT2D eigenvalue weighted by Crippen LogP contribution is 2.30. The number of hydrogen-bond donors (Lipinski definition) is 1. The van der Waals surface area contributed by atoms with Crippen LogP contribution in [0, 0.1) is 0 Å². The van der Waals surface area contributed by atoms with Crippen LogP contribution in [0.15, 0.2) is 18.2 Å². The van der Waals surface area contributed by atoms with Crippen LogP contribution in [0.3, 0.4) is 0 Å². The summed E-state index contributed by atoms with van der Waals surface area (Å²) >= 11 is 6.25. The highest BCUT2D eigenvalue weighted by molar-refractivity contribution is 6.32. The van der Waals surface area contributed by atoms with Crippen LogP contribution in [0.4, 0.5) is 0 Å². The lowest BCUT2D eigenvalue weighted by atomic mass is 10.1. The van der Waals surface area contributed by atoms with Crippen LogP contribution in [0.5, 0.6) is 5.75 Å². The van der Waals surface area contributed by atoms with Crippen LogP contribution >= 0.6 is 11.6 Å². The number of ether oxygens (including phenoxy) is 1. The maximum Gasteiger partial charge on any atom is 0.138 e.